The molecule has 0 saturated carbocycles. The lowest BCUT2D eigenvalue weighted by molar-refractivity contribution is 0.102. The third kappa shape index (κ3) is 3.16. The minimum Gasteiger partial charge on any atom is -0.334 e. The highest BCUT2D eigenvalue weighted by Crippen LogP contribution is 2.25. The lowest BCUT2D eigenvalue weighted by Crippen LogP contribution is -2.22. The lowest BCUT2D eigenvalue weighted by Gasteiger charge is -2.07. The van der Waals surface area contributed by atoms with Crippen molar-refractivity contribution in [3.8, 4) is 22.8 Å². The Kier molecular flexibility index (Phi) is 4.41. The van der Waals surface area contributed by atoms with Crippen molar-refractivity contribution < 1.29 is 9.32 Å². The fraction of sp³-hybridized carbons (Fsp3) is 0. The number of hydrogen-bond donors (Lipinski definition) is 1. The summed E-state index contributed by atoms with van der Waals surface area (Å²) in [5, 5.41) is 8.40. The van der Waals surface area contributed by atoms with Crippen LogP contribution in [0.5, 0.6) is 0 Å². The number of fused-ring (bicyclic) bond motifs is 1. The topological polar surface area (TPSA) is 102 Å². The summed E-state index contributed by atoms with van der Waals surface area (Å²) in [5.74, 6) is 0.160. The van der Waals surface area contributed by atoms with Crippen LogP contribution in [0.1, 0.15) is 10.4 Å². The van der Waals surface area contributed by atoms with E-state index >= 15 is 0 Å². The van der Waals surface area contributed by atoms with Gasteiger partial charge in [-0.1, -0.05) is 47.6 Å². The highest BCUT2D eigenvalue weighted by molar-refractivity contribution is 7.15. The third-order valence-electron chi connectivity index (χ3n) is 4.45. The van der Waals surface area contributed by atoms with Gasteiger partial charge in [0.05, 0.1) is 17.3 Å². The van der Waals surface area contributed by atoms with Crippen molar-refractivity contribution in [2.45, 2.75) is 0 Å². The Hall–Kier alpha value is -4.11. The number of benzene rings is 2. The Balaban J connectivity index is 1.49. The van der Waals surface area contributed by atoms with Gasteiger partial charge in [-0.2, -0.15) is 4.98 Å². The summed E-state index contributed by atoms with van der Waals surface area (Å²) in [7, 11) is 0. The van der Waals surface area contributed by atoms with E-state index in [9.17, 15) is 9.59 Å². The molecule has 0 aliphatic heterocycles. The van der Waals surface area contributed by atoms with Gasteiger partial charge in [-0.15, -0.1) is 11.3 Å². The van der Waals surface area contributed by atoms with E-state index in [0.717, 1.165) is 5.56 Å². The molecule has 1 N–H and O–H groups in total. The molecular formula is C21H13N5O3S. The van der Waals surface area contributed by atoms with Gasteiger partial charge in [-0.25, -0.2) is 4.98 Å². The lowest BCUT2D eigenvalue weighted by atomic mass is 10.1. The predicted molar refractivity (Wildman–Crippen MR) is 112 cm³/mol. The molecule has 30 heavy (non-hydrogen) atoms. The number of hydrogen-bond acceptors (Lipinski definition) is 7. The first-order valence-corrected chi connectivity index (χ1v) is 9.83. The van der Waals surface area contributed by atoms with Crippen LogP contribution in [0.15, 0.2) is 81.7 Å². The third-order valence-corrected chi connectivity index (χ3v) is 5.22. The molecule has 8 nitrogen and oxygen atoms in total. The maximum atomic E-state index is 12.9. The monoisotopic (exact) mass is 415 g/mol. The summed E-state index contributed by atoms with van der Waals surface area (Å²) in [5.41, 5.74) is 1.31. The van der Waals surface area contributed by atoms with Crippen molar-refractivity contribution in [3.05, 3.63) is 88.3 Å². The van der Waals surface area contributed by atoms with E-state index in [4.69, 9.17) is 4.52 Å². The molecular weight excluding hydrogens is 402 g/mol. The summed E-state index contributed by atoms with van der Waals surface area (Å²) in [6.07, 6.45) is 2.97. The van der Waals surface area contributed by atoms with Crippen LogP contribution in [0, 0.1) is 0 Å². The molecule has 5 aromatic rings. The van der Waals surface area contributed by atoms with Crippen LogP contribution < -0.4 is 10.9 Å². The zero-order valence-electron chi connectivity index (χ0n) is 15.4. The highest BCUT2D eigenvalue weighted by Gasteiger charge is 2.19. The van der Waals surface area contributed by atoms with Crippen LogP contribution in [0.4, 0.5) is 5.69 Å². The Labute approximate surface area is 173 Å². The van der Waals surface area contributed by atoms with Gasteiger partial charge in [0.25, 0.3) is 17.4 Å². The van der Waals surface area contributed by atoms with Crippen molar-refractivity contribution in [2.24, 2.45) is 0 Å². The normalized spacial score (nSPS) is 10.9. The fourth-order valence-electron chi connectivity index (χ4n) is 3.00. The Bertz CT molecular complexity index is 1420. The number of aromatic nitrogens is 4. The Morgan fingerprint density at radius 2 is 1.87 bits per heavy atom. The molecule has 146 valence electrons. The summed E-state index contributed by atoms with van der Waals surface area (Å²) >= 11 is 1.34. The Morgan fingerprint density at radius 1 is 1.07 bits per heavy atom. The van der Waals surface area contributed by atoms with Gasteiger partial charge in [-0.05, 0) is 12.1 Å². The molecule has 2 aromatic carbocycles. The van der Waals surface area contributed by atoms with E-state index in [1.165, 1.54) is 21.9 Å². The second-order valence-electron chi connectivity index (χ2n) is 6.32. The molecule has 3 aromatic heterocycles. The molecule has 3 heterocycles. The van der Waals surface area contributed by atoms with Crippen molar-refractivity contribution in [2.75, 3.05) is 5.32 Å². The second-order valence-corrected chi connectivity index (χ2v) is 7.19. The van der Waals surface area contributed by atoms with Gasteiger partial charge >= 0.3 is 0 Å². The van der Waals surface area contributed by atoms with Gasteiger partial charge in [0, 0.05) is 17.1 Å². The molecule has 0 radical (unpaired) electrons. The smallest absolute Gasteiger partial charge is 0.282 e. The maximum absolute atomic E-state index is 12.9. The number of nitrogens with zero attached hydrogens (tertiary/aromatic N) is 4. The molecule has 0 spiro atoms. The van der Waals surface area contributed by atoms with Crippen molar-refractivity contribution >= 4 is 27.9 Å². The summed E-state index contributed by atoms with van der Waals surface area (Å²) in [4.78, 5) is 34.6. The first-order chi connectivity index (χ1) is 14.7. The quantitative estimate of drug-likeness (QED) is 0.480. The molecule has 0 aliphatic carbocycles. The number of nitrogens with one attached hydrogen (secondary N) is 1. The Morgan fingerprint density at radius 3 is 2.73 bits per heavy atom. The zero-order valence-corrected chi connectivity index (χ0v) is 16.2. The van der Waals surface area contributed by atoms with E-state index < -0.39 is 5.91 Å². The van der Waals surface area contributed by atoms with Crippen molar-refractivity contribution in [1.29, 1.82) is 0 Å². The molecule has 0 saturated heterocycles. The predicted octanol–water partition coefficient (Wildman–Crippen LogP) is 3.73. The average molecular weight is 415 g/mol. The van der Waals surface area contributed by atoms with Crippen LogP contribution in [0.2, 0.25) is 0 Å². The summed E-state index contributed by atoms with van der Waals surface area (Å²) in [6.45, 7) is 0. The molecule has 0 aliphatic rings. The maximum Gasteiger partial charge on any atom is 0.282 e. The first-order valence-electron chi connectivity index (χ1n) is 8.95. The molecule has 0 unspecified atom stereocenters. The molecule has 0 atom stereocenters. The van der Waals surface area contributed by atoms with E-state index in [0.29, 0.717) is 21.9 Å². The molecule has 0 bridgehead atoms. The average Bonchev–Trinajstić information content (AvgIpc) is 3.46. The standard InChI is InChI=1S/C21H13N5O3S/c27-18(23-16-12-22-21-26(20(16)28)10-11-30-21)14-8-4-5-9-15(14)19-24-17(25-29-19)13-6-2-1-3-7-13/h1-12H,(H,23,27). The summed E-state index contributed by atoms with van der Waals surface area (Å²) in [6, 6.07) is 16.2. The summed E-state index contributed by atoms with van der Waals surface area (Å²) < 4.78 is 6.78. The van der Waals surface area contributed by atoms with Gasteiger partial charge < -0.3 is 9.84 Å². The van der Waals surface area contributed by atoms with Crippen LogP contribution >= 0.6 is 11.3 Å². The number of carbonyl (C=O) groups excluding carboxylic acids is 1. The van der Waals surface area contributed by atoms with E-state index in [1.54, 1.807) is 35.8 Å². The molecule has 0 fully saturated rings. The highest BCUT2D eigenvalue weighted by atomic mass is 32.1. The van der Waals surface area contributed by atoms with Crippen molar-refractivity contribution in [3.63, 3.8) is 0 Å². The second kappa shape index (κ2) is 7.37. The fourth-order valence-corrected chi connectivity index (χ4v) is 3.68. The van der Waals surface area contributed by atoms with Crippen LogP contribution in [-0.2, 0) is 0 Å². The minimum atomic E-state index is -0.473. The van der Waals surface area contributed by atoms with E-state index in [2.05, 4.69) is 20.4 Å². The number of anilines is 1. The van der Waals surface area contributed by atoms with Gasteiger partial charge in [-0.3, -0.25) is 14.0 Å². The SMILES string of the molecule is O=C(Nc1cnc2sccn2c1=O)c1ccccc1-c1nc(-c2ccccc2)no1. The van der Waals surface area contributed by atoms with Gasteiger partial charge in [0.1, 0.15) is 5.69 Å². The van der Waals surface area contributed by atoms with Gasteiger partial charge in [0.2, 0.25) is 5.82 Å². The number of rotatable bonds is 4. The van der Waals surface area contributed by atoms with E-state index in [-0.39, 0.29) is 17.1 Å². The number of thiazole rings is 1. The number of amides is 1. The first kappa shape index (κ1) is 18.0. The number of carbonyl (C=O) groups is 1. The molecule has 1 amide bonds. The van der Waals surface area contributed by atoms with Crippen LogP contribution in [-0.4, -0.2) is 25.4 Å². The largest absolute Gasteiger partial charge is 0.334 e. The molecule has 9 heteroatoms. The van der Waals surface area contributed by atoms with Crippen molar-refractivity contribution in [1.82, 2.24) is 19.5 Å². The van der Waals surface area contributed by atoms with E-state index in [1.807, 2.05) is 30.3 Å². The van der Waals surface area contributed by atoms with Crippen LogP contribution in [0.3, 0.4) is 0 Å². The molecule has 5 rings (SSSR count). The minimum absolute atomic E-state index is 0.0845. The van der Waals surface area contributed by atoms with Crippen LogP contribution in [0.25, 0.3) is 27.8 Å². The van der Waals surface area contributed by atoms with Gasteiger partial charge in [0.15, 0.2) is 4.96 Å². The zero-order chi connectivity index (χ0) is 20.5.